The maximum absolute atomic E-state index is 12.0. The van der Waals surface area contributed by atoms with Crippen LogP contribution in [0.1, 0.15) is 47.5 Å². The second kappa shape index (κ2) is 7.30. The molecular formula is C13H24O4. The van der Waals surface area contributed by atoms with E-state index in [1.165, 1.54) is 0 Å². The van der Waals surface area contributed by atoms with E-state index in [9.17, 15) is 9.59 Å². The molecule has 0 aliphatic rings. The van der Waals surface area contributed by atoms with E-state index in [4.69, 9.17) is 9.47 Å². The zero-order chi connectivity index (χ0) is 13.5. The smallest absolute Gasteiger partial charge is 0.323 e. The first-order valence-electron chi connectivity index (χ1n) is 6.29. The molecule has 100 valence electrons. The largest absolute Gasteiger partial charge is 0.465 e. The maximum atomic E-state index is 12.0. The molecule has 0 radical (unpaired) electrons. The lowest BCUT2D eigenvalue weighted by atomic mass is 9.76. The van der Waals surface area contributed by atoms with Crippen LogP contribution < -0.4 is 0 Å². The summed E-state index contributed by atoms with van der Waals surface area (Å²) in [5, 5.41) is 0. The molecule has 0 aromatic rings. The molecule has 0 bridgehead atoms. The van der Waals surface area contributed by atoms with Crippen LogP contribution in [-0.4, -0.2) is 25.2 Å². The average molecular weight is 244 g/mol. The molecule has 0 aromatic heterocycles. The zero-order valence-corrected chi connectivity index (χ0v) is 11.5. The number of carbonyl (C=O) groups is 2. The molecule has 0 aromatic carbocycles. The fraction of sp³-hybridized carbons (Fsp3) is 0.846. The molecule has 0 fully saturated rings. The molecule has 17 heavy (non-hydrogen) atoms. The van der Waals surface area contributed by atoms with E-state index in [1.807, 2.05) is 13.8 Å². The molecule has 1 atom stereocenters. The average Bonchev–Trinajstić information content (AvgIpc) is 2.28. The van der Waals surface area contributed by atoms with Gasteiger partial charge in [0.15, 0.2) is 5.41 Å². The van der Waals surface area contributed by atoms with Crippen molar-refractivity contribution in [2.24, 2.45) is 11.3 Å². The molecule has 4 nitrogen and oxygen atoms in total. The van der Waals surface area contributed by atoms with Gasteiger partial charge in [0.1, 0.15) is 0 Å². The van der Waals surface area contributed by atoms with Crippen LogP contribution >= 0.6 is 0 Å². The fourth-order valence-corrected chi connectivity index (χ4v) is 1.77. The van der Waals surface area contributed by atoms with Crippen LogP contribution in [0, 0.1) is 11.3 Å². The summed E-state index contributed by atoms with van der Waals surface area (Å²) >= 11 is 0. The van der Waals surface area contributed by atoms with E-state index in [1.54, 1.807) is 20.8 Å². The van der Waals surface area contributed by atoms with Gasteiger partial charge in [-0.25, -0.2) is 0 Å². The fourth-order valence-electron chi connectivity index (χ4n) is 1.77. The van der Waals surface area contributed by atoms with Gasteiger partial charge < -0.3 is 9.47 Å². The lowest BCUT2D eigenvalue weighted by Crippen LogP contribution is -2.44. The number of ether oxygens (including phenoxy) is 2. The molecule has 0 saturated heterocycles. The number of carbonyl (C=O) groups excluding carboxylic acids is 2. The van der Waals surface area contributed by atoms with Gasteiger partial charge in [0.2, 0.25) is 0 Å². The Hall–Kier alpha value is -1.06. The zero-order valence-electron chi connectivity index (χ0n) is 11.5. The second-order valence-corrected chi connectivity index (χ2v) is 4.33. The first-order valence-corrected chi connectivity index (χ1v) is 6.29. The highest BCUT2D eigenvalue weighted by molar-refractivity contribution is 5.99. The van der Waals surface area contributed by atoms with Gasteiger partial charge in [0.05, 0.1) is 13.2 Å². The number of esters is 2. The highest BCUT2D eigenvalue weighted by Gasteiger charge is 2.48. The van der Waals surface area contributed by atoms with Crippen molar-refractivity contribution in [3.05, 3.63) is 0 Å². The SMILES string of the molecule is CCC[C@@H](C)C(C)(C(=O)OCC)C(=O)OCC. The van der Waals surface area contributed by atoms with Gasteiger partial charge in [0, 0.05) is 0 Å². The first-order chi connectivity index (χ1) is 7.94. The normalized spacial score (nSPS) is 13.0. The predicted octanol–water partition coefficient (Wildman–Crippen LogP) is 2.56. The lowest BCUT2D eigenvalue weighted by Gasteiger charge is -2.30. The third-order valence-corrected chi connectivity index (χ3v) is 3.11. The van der Waals surface area contributed by atoms with Gasteiger partial charge in [-0.2, -0.15) is 0 Å². The van der Waals surface area contributed by atoms with Crippen LogP contribution in [0.15, 0.2) is 0 Å². The van der Waals surface area contributed by atoms with E-state index in [-0.39, 0.29) is 19.1 Å². The first kappa shape index (κ1) is 15.9. The third-order valence-electron chi connectivity index (χ3n) is 3.11. The Morgan fingerprint density at radius 1 is 1.06 bits per heavy atom. The standard InChI is InChI=1S/C13H24O4/c1-6-9-10(4)13(5,11(14)16-7-2)12(15)17-8-3/h10H,6-9H2,1-5H3/t10-/m1/s1. The highest BCUT2D eigenvalue weighted by Crippen LogP contribution is 2.33. The van der Waals surface area contributed by atoms with Crippen molar-refractivity contribution in [3.8, 4) is 0 Å². The van der Waals surface area contributed by atoms with Gasteiger partial charge in [-0.1, -0.05) is 20.3 Å². The van der Waals surface area contributed by atoms with Gasteiger partial charge in [-0.15, -0.1) is 0 Å². The van der Waals surface area contributed by atoms with Crippen LogP contribution in [0.3, 0.4) is 0 Å². The lowest BCUT2D eigenvalue weighted by molar-refractivity contribution is -0.174. The Labute approximate surface area is 104 Å². The topological polar surface area (TPSA) is 52.6 Å². The van der Waals surface area contributed by atoms with E-state index >= 15 is 0 Å². The molecular weight excluding hydrogens is 220 g/mol. The summed E-state index contributed by atoms with van der Waals surface area (Å²) in [6.07, 6.45) is 1.70. The predicted molar refractivity (Wildman–Crippen MR) is 65.4 cm³/mol. The minimum absolute atomic E-state index is 0.0920. The summed E-state index contributed by atoms with van der Waals surface area (Å²) in [5.74, 6) is -1.07. The molecule has 0 N–H and O–H groups in total. The van der Waals surface area contributed by atoms with Crippen molar-refractivity contribution >= 4 is 11.9 Å². The Balaban J connectivity index is 5.04. The van der Waals surface area contributed by atoms with Crippen molar-refractivity contribution in [2.45, 2.75) is 47.5 Å². The molecule has 0 spiro atoms. The van der Waals surface area contributed by atoms with Crippen molar-refractivity contribution in [1.82, 2.24) is 0 Å². The molecule has 0 amide bonds. The van der Waals surface area contributed by atoms with Gasteiger partial charge in [0.25, 0.3) is 0 Å². The molecule has 4 heteroatoms. The Morgan fingerprint density at radius 3 is 1.76 bits per heavy atom. The summed E-state index contributed by atoms with van der Waals surface area (Å²) in [4.78, 5) is 23.9. The van der Waals surface area contributed by atoms with E-state index in [0.29, 0.717) is 0 Å². The van der Waals surface area contributed by atoms with Gasteiger partial charge in [-0.05, 0) is 33.1 Å². The molecule has 0 heterocycles. The molecule has 0 aliphatic carbocycles. The highest BCUT2D eigenvalue weighted by atomic mass is 16.6. The number of hydrogen-bond acceptors (Lipinski definition) is 4. The second-order valence-electron chi connectivity index (χ2n) is 4.33. The maximum Gasteiger partial charge on any atom is 0.323 e. The van der Waals surface area contributed by atoms with E-state index < -0.39 is 17.4 Å². The molecule has 0 saturated carbocycles. The third kappa shape index (κ3) is 3.72. The monoisotopic (exact) mass is 244 g/mol. The van der Waals surface area contributed by atoms with Crippen molar-refractivity contribution in [1.29, 1.82) is 0 Å². The Kier molecular flexibility index (Phi) is 6.85. The molecule has 0 unspecified atom stereocenters. The quantitative estimate of drug-likeness (QED) is 0.510. The van der Waals surface area contributed by atoms with Crippen molar-refractivity contribution < 1.29 is 19.1 Å². The van der Waals surface area contributed by atoms with Crippen LogP contribution in [-0.2, 0) is 19.1 Å². The molecule has 0 aliphatic heterocycles. The summed E-state index contributed by atoms with van der Waals surface area (Å²) < 4.78 is 10.0. The number of hydrogen-bond donors (Lipinski definition) is 0. The summed E-state index contributed by atoms with van der Waals surface area (Å²) in [6, 6.07) is 0. The van der Waals surface area contributed by atoms with E-state index in [0.717, 1.165) is 12.8 Å². The molecule has 0 rings (SSSR count). The van der Waals surface area contributed by atoms with Gasteiger partial charge >= 0.3 is 11.9 Å². The van der Waals surface area contributed by atoms with Crippen LogP contribution in [0.25, 0.3) is 0 Å². The van der Waals surface area contributed by atoms with E-state index in [2.05, 4.69) is 0 Å². The minimum Gasteiger partial charge on any atom is -0.465 e. The minimum atomic E-state index is -1.19. The van der Waals surface area contributed by atoms with Crippen LogP contribution in [0.4, 0.5) is 0 Å². The Bertz CT molecular complexity index is 242. The van der Waals surface area contributed by atoms with Crippen LogP contribution in [0.2, 0.25) is 0 Å². The summed E-state index contributed by atoms with van der Waals surface area (Å²) in [5.41, 5.74) is -1.19. The Morgan fingerprint density at radius 2 is 1.47 bits per heavy atom. The van der Waals surface area contributed by atoms with Crippen molar-refractivity contribution in [2.75, 3.05) is 13.2 Å². The number of rotatable bonds is 7. The van der Waals surface area contributed by atoms with Crippen molar-refractivity contribution in [3.63, 3.8) is 0 Å². The van der Waals surface area contributed by atoms with Gasteiger partial charge in [-0.3, -0.25) is 9.59 Å². The summed E-state index contributed by atoms with van der Waals surface area (Å²) in [7, 11) is 0. The summed E-state index contributed by atoms with van der Waals surface area (Å²) in [6.45, 7) is 9.52. The van der Waals surface area contributed by atoms with Crippen LogP contribution in [0.5, 0.6) is 0 Å².